The van der Waals surface area contributed by atoms with Crippen molar-refractivity contribution in [1.82, 2.24) is 0 Å². The van der Waals surface area contributed by atoms with Crippen molar-refractivity contribution in [1.29, 1.82) is 0 Å². The Hall–Kier alpha value is -1.16. The van der Waals surface area contributed by atoms with Gasteiger partial charge in [-0.15, -0.1) is 22.7 Å². The summed E-state index contributed by atoms with van der Waals surface area (Å²) in [7, 11) is -1.98. The average Bonchev–Trinajstić information content (AvgIpc) is 3.41. The maximum Gasteiger partial charge on any atom is 0.152 e. The summed E-state index contributed by atoms with van der Waals surface area (Å²) in [5.74, 6) is 0.825. The van der Waals surface area contributed by atoms with Gasteiger partial charge in [0.25, 0.3) is 0 Å². The molecule has 0 N–H and O–H groups in total. The molecule has 0 aliphatic carbocycles. The summed E-state index contributed by atoms with van der Waals surface area (Å²) in [6.07, 6.45) is 9.13. The van der Waals surface area contributed by atoms with Crippen LogP contribution in [0.4, 0.5) is 0 Å². The Morgan fingerprint density at radius 1 is 0.806 bits per heavy atom. The zero-order chi connectivity index (χ0) is 22.0. The number of hydrogen-bond acceptors (Lipinski definition) is 2. The second-order valence-corrected chi connectivity index (χ2v) is 15.9. The van der Waals surface area contributed by atoms with E-state index in [4.69, 9.17) is 0 Å². The lowest BCUT2D eigenvalue weighted by atomic mass is 10.0. The molecule has 1 unspecified atom stereocenters. The molecule has 3 heterocycles. The molecule has 0 radical (unpaired) electrons. The third-order valence-electron chi connectivity index (χ3n) is 7.24. The number of unbranched alkanes of at least 4 members (excludes halogenated alkanes) is 2. The number of fused-ring (bicyclic) bond motifs is 3. The predicted molar refractivity (Wildman–Crippen MR) is 145 cm³/mol. The van der Waals surface area contributed by atoms with E-state index in [1.54, 1.807) is 25.3 Å². The lowest BCUT2D eigenvalue weighted by Gasteiger charge is -2.33. The molecule has 3 aromatic rings. The normalized spacial score (nSPS) is 15.1. The number of benzene rings is 1. The monoisotopic (exact) mass is 466 g/mol. The van der Waals surface area contributed by atoms with Gasteiger partial charge in [0, 0.05) is 19.5 Å². The van der Waals surface area contributed by atoms with Gasteiger partial charge in [-0.1, -0.05) is 77.1 Å². The topological polar surface area (TPSA) is 0 Å². The number of hydrogen-bond donors (Lipinski definition) is 0. The van der Waals surface area contributed by atoms with Crippen LogP contribution in [0.3, 0.4) is 0 Å². The molecule has 0 nitrogen and oxygen atoms in total. The fraction of sp³-hybridized carbons (Fsp3) is 0.500. The van der Waals surface area contributed by atoms with Crippen LogP contribution in [-0.4, -0.2) is 8.07 Å². The van der Waals surface area contributed by atoms with Crippen molar-refractivity contribution in [3.05, 3.63) is 51.7 Å². The van der Waals surface area contributed by atoms with Crippen LogP contribution in [0.25, 0.3) is 9.75 Å². The van der Waals surface area contributed by atoms with E-state index in [1.165, 1.54) is 66.3 Å². The van der Waals surface area contributed by atoms with Crippen molar-refractivity contribution in [3.8, 4) is 9.75 Å². The summed E-state index contributed by atoms with van der Waals surface area (Å²) in [6, 6.07) is 16.5. The van der Waals surface area contributed by atoms with Crippen LogP contribution < -0.4 is 15.6 Å². The zero-order valence-corrected chi connectivity index (χ0v) is 22.6. The fourth-order valence-corrected chi connectivity index (χ4v) is 14.9. The molecule has 0 saturated carbocycles. The quantitative estimate of drug-likeness (QED) is 0.272. The number of aryl methyl sites for hydroxylation is 3. The Morgan fingerprint density at radius 3 is 1.90 bits per heavy atom. The van der Waals surface area contributed by atoms with Crippen molar-refractivity contribution >= 4 is 46.3 Å². The van der Waals surface area contributed by atoms with Crippen molar-refractivity contribution in [2.75, 3.05) is 0 Å². The third kappa shape index (κ3) is 4.26. The molecule has 0 amide bonds. The van der Waals surface area contributed by atoms with Gasteiger partial charge >= 0.3 is 0 Å². The smallest absolute Gasteiger partial charge is 0.140 e. The molecule has 4 rings (SSSR count). The molecule has 0 fully saturated rings. The van der Waals surface area contributed by atoms with Crippen molar-refractivity contribution in [2.45, 2.75) is 85.6 Å². The van der Waals surface area contributed by atoms with Crippen LogP contribution in [0.15, 0.2) is 36.4 Å². The first-order chi connectivity index (χ1) is 15.0. The summed E-state index contributed by atoms with van der Waals surface area (Å²) in [4.78, 5) is 6.19. The molecule has 0 saturated heterocycles. The van der Waals surface area contributed by atoms with Gasteiger partial charge in [0.1, 0.15) is 0 Å². The van der Waals surface area contributed by atoms with Gasteiger partial charge in [-0.25, -0.2) is 0 Å². The third-order valence-corrected chi connectivity index (χ3v) is 15.0. The van der Waals surface area contributed by atoms with Crippen LogP contribution in [0.5, 0.6) is 0 Å². The standard InChI is InChI=1S/C28H38S2Si/c1-6-9-11-22(8-3)19-31(24-15-13-23(14-16-24)12-10-7-2)25-17-20(4)29-27(25)28-26(31)18-21(5)30-28/h13-18,22H,6-12,19H2,1-5H3. The summed E-state index contributed by atoms with van der Waals surface area (Å²) >= 11 is 4.08. The maximum atomic E-state index is 2.58. The molecular weight excluding hydrogens is 429 g/mol. The number of thiophene rings is 2. The first kappa shape index (κ1) is 23.0. The van der Waals surface area contributed by atoms with Gasteiger partial charge in [0.2, 0.25) is 0 Å². The average molecular weight is 467 g/mol. The predicted octanol–water partition coefficient (Wildman–Crippen LogP) is 7.44. The minimum Gasteiger partial charge on any atom is -0.140 e. The first-order valence-corrected chi connectivity index (χ1v) is 16.2. The summed E-state index contributed by atoms with van der Waals surface area (Å²) in [5.41, 5.74) is 1.51. The largest absolute Gasteiger partial charge is 0.152 e. The van der Waals surface area contributed by atoms with Gasteiger partial charge in [0.05, 0.1) is 0 Å². The highest BCUT2D eigenvalue weighted by Crippen LogP contribution is 2.41. The second kappa shape index (κ2) is 9.76. The minimum atomic E-state index is -1.98. The summed E-state index contributed by atoms with van der Waals surface area (Å²) in [5, 5.41) is 5.11. The lowest BCUT2D eigenvalue weighted by molar-refractivity contribution is 0.488. The van der Waals surface area contributed by atoms with Crippen LogP contribution in [-0.2, 0) is 6.42 Å². The Bertz CT molecular complexity index is 962. The summed E-state index contributed by atoms with van der Waals surface area (Å²) in [6.45, 7) is 11.7. The van der Waals surface area contributed by atoms with E-state index in [0.717, 1.165) is 5.92 Å². The highest BCUT2D eigenvalue weighted by atomic mass is 32.1. The van der Waals surface area contributed by atoms with Crippen LogP contribution in [0.2, 0.25) is 6.04 Å². The Labute approximate surface area is 198 Å². The molecule has 0 bridgehead atoms. The van der Waals surface area contributed by atoms with E-state index in [-0.39, 0.29) is 0 Å². The second-order valence-electron chi connectivity index (χ2n) is 9.53. The molecule has 1 aliphatic rings. The van der Waals surface area contributed by atoms with Gasteiger partial charge in [0.15, 0.2) is 8.07 Å². The van der Waals surface area contributed by atoms with Crippen LogP contribution in [0.1, 0.15) is 74.6 Å². The zero-order valence-electron chi connectivity index (χ0n) is 20.0. The molecule has 1 aromatic carbocycles. The SMILES string of the molecule is CCCCc1ccc([Si]2(CC(CC)CCCC)c3cc(C)sc3-c3sc(C)cc32)cc1. The van der Waals surface area contributed by atoms with Crippen molar-refractivity contribution in [2.24, 2.45) is 5.92 Å². The molecule has 1 atom stereocenters. The molecule has 0 spiro atoms. The van der Waals surface area contributed by atoms with E-state index >= 15 is 0 Å². The van der Waals surface area contributed by atoms with Crippen molar-refractivity contribution < 1.29 is 0 Å². The lowest BCUT2D eigenvalue weighted by Crippen LogP contribution is -2.65. The van der Waals surface area contributed by atoms with Crippen molar-refractivity contribution in [3.63, 3.8) is 0 Å². The van der Waals surface area contributed by atoms with Gasteiger partial charge in [-0.2, -0.15) is 0 Å². The Balaban J connectivity index is 1.86. The minimum absolute atomic E-state index is 0.825. The van der Waals surface area contributed by atoms with E-state index in [0.29, 0.717) is 0 Å². The molecular formula is C28H38S2Si. The van der Waals surface area contributed by atoms with E-state index in [1.807, 2.05) is 22.7 Å². The molecule has 31 heavy (non-hydrogen) atoms. The summed E-state index contributed by atoms with van der Waals surface area (Å²) < 4.78 is 0. The Morgan fingerprint density at radius 2 is 1.39 bits per heavy atom. The molecule has 166 valence electrons. The molecule has 2 aromatic heterocycles. The molecule has 3 heteroatoms. The highest BCUT2D eigenvalue weighted by Gasteiger charge is 2.50. The van der Waals surface area contributed by atoms with E-state index < -0.39 is 8.07 Å². The van der Waals surface area contributed by atoms with Gasteiger partial charge < -0.3 is 0 Å². The molecule has 1 aliphatic heterocycles. The van der Waals surface area contributed by atoms with Crippen LogP contribution >= 0.6 is 22.7 Å². The van der Waals surface area contributed by atoms with Crippen LogP contribution in [0, 0.1) is 19.8 Å². The fourth-order valence-electron chi connectivity index (χ4n) is 5.51. The highest BCUT2D eigenvalue weighted by molar-refractivity contribution is 7.31. The van der Waals surface area contributed by atoms with Gasteiger partial charge in [-0.3, -0.25) is 0 Å². The number of rotatable bonds is 10. The van der Waals surface area contributed by atoms with E-state index in [2.05, 4.69) is 71.0 Å². The Kier molecular flexibility index (Phi) is 7.25. The van der Waals surface area contributed by atoms with Gasteiger partial charge in [-0.05, 0) is 71.9 Å². The maximum absolute atomic E-state index is 2.58. The van der Waals surface area contributed by atoms with E-state index in [9.17, 15) is 0 Å². The first-order valence-electron chi connectivity index (χ1n) is 12.3.